The molecule has 0 heterocycles. The van der Waals surface area contributed by atoms with Crippen LogP contribution in [0.1, 0.15) is 0 Å². The Kier molecular flexibility index (Phi) is 6.33. The van der Waals surface area contributed by atoms with E-state index in [-0.39, 0.29) is 0 Å². The molecule has 0 aromatic rings. The van der Waals surface area contributed by atoms with E-state index in [9.17, 15) is 0 Å². The summed E-state index contributed by atoms with van der Waals surface area (Å²) in [6.07, 6.45) is 8.69. The molecule has 0 aromatic carbocycles. The van der Waals surface area contributed by atoms with Crippen molar-refractivity contribution >= 4 is 12.9 Å². The Hall–Kier alpha value is -1.41. The lowest BCUT2D eigenvalue weighted by atomic mass is 10.1. The van der Waals surface area contributed by atoms with E-state index in [1.54, 1.807) is 24.3 Å². The number of allylic oxidation sites excluding steroid dienone is 7. The molecule has 74 valence electrons. The predicted octanol–water partition coefficient (Wildman–Crippen LogP) is 3.77. The molecule has 0 aliphatic heterocycles. The maximum Gasteiger partial charge on any atom is 0.130 e. The summed E-state index contributed by atoms with van der Waals surface area (Å²) in [6.45, 7) is 14.7. The summed E-state index contributed by atoms with van der Waals surface area (Å²) in [5, 5.41) is 0. The third-order valence-corrected chi connectivity index (χ3v) is 1.70. The Morgan fingerprint density at radius 2 is 1.86 bits per heavy atom. The Morgan fingerprint density at radius 3 is 2.29 bits per heavy atom. The number of rotatable bonds is 6. The van der Waals surface area contributed by atoms with Gasteiger partial charge in [-0.3, -0.25) is 0 Å². The quantitative estimate of drug-likeness (QED) is 0.301. The minimum atomic E-state index is 0.444. The first-order valence-electron chi connectivity index (χ1n) is 3.98. The van der Waals surface area contributed by atoms with Crippen LogP contribution < -0.4 is 0 Å². The van der Waals surface area contributed by atoms with Crippen LogP contribution in [0.5, 0.6) is 0 Å². The highest BCUT2D eigenvalue weighted by atomic mass is 32.1. The van der Waals surface area contributed by atoms with Crippen molar-refractivity contribution in [1.29, 1.82) is 0 Å². The molecule has 0 saturated heterocycles. The van der Waals surface area contributed by atoms with E-state index in [1.165, 1.54) is 0 Å². The van der Waals surface area contributed by atoms with Gasteiger partial charge in [0.15, 0.2) is 0 Å². The van der Waals surface area contributed by atoms with Gasteiger partial charge in [0, 0.05) is 12.9 Å². The van der Waals surface area contributed by atoms with Crippen molar-refractivity contribution < 1.29 is 4.18 Å². The molecule has 0 aliphatic carbocycles. The van der Waals surface area contributed by atoms with Crippen LogP contribution in [0, 0.1) is 0 Å². The first-order chi connectivity index (χ1) is 6.65. The average molecular weight is 206 g/mol. The van der Waals surface area contributed by atoms with Crippen molar-refractivity contribution in [3.05, 3.63) is 73.6 Å². The average Bonchev–Trinajstić information content (AvgIpc) is 2.22. The first kappa shape index (κ1) is 12.6. The molecule has 0 atom stereocenters. The van der Waals surface area contributed by atoms with Gasteiger partial charge in [-0.05, 0) is 17.2 Å². The highest BCUT2D eigenvalue weighted by molar-refractivity contribution is 7.75. The molecule has 0 N–H and O–H groups in total. The number of thiol groups is 1. The molecule has 0 saturated carbocycles. The highest BCUT2D eigenvalue weighted by Gasteiger charge is 1.96. The van der Waals surface area contributed by atoms with E-state index in [0.717, 1.165) is 11.1 Å². The van der Waals surface area contributed by atoms with Crippen LogP contribution in [-0.4, -0.2) is 0 Å². The maximum atomic E-state index is 4.64. The van der Waals surface area contributed by atoms with Gasteiger partial charge in [0.2, 0.25) is 0 Å². The molecular formula is C12H14OS. The summed E-state index contributed by atoms with van der Waals surface area (Å²) in [6, 6.07) is 0. The molecule has 0 spiro atoms. The lowest BCUT2D eigenvalue weighted by molar-refractivity contribution is 0.535. The molecule has 0 radical (unpaired) electrons. The summed E-state index contributed by atoms with van der Waals surface area (Å²) in [4.78, 5) is 0. The van der Waals surface area contributed by atoms with Crippen molar-refractivity contribution in [2.45, 2.75) is 0 Å². The van der Waals surface area contributed by atoms with Gasteiger partial charge in [-0.25, -0.2) is 0 Å². The maximum absolute atomic E-state index is 4.64. The van der Waals surface area contributed by atoms with Gasteiger partial charge in [-0.15, -0.1) is 0 Å². The topological polar surface area (TPSA) is 9.23 Å². The van der Waals surface area contributed by atoms with E-state index in [0.29, 0.717) is 5.76 Å². The molecule has 0 fully saturated rings. The van der Waals surface area contributed by atoms with Gasteiger partial charge in [-0.2, -0.15) is 0 Å². The second-order valence-corrected chi connectivity index (χ2v) is 2.66. The second-order valence-electron chi connectivity index (χ2n) is 2.48. The van der Waals surface area contributed by atoms with Crippen LogP contribution in [-0.2, 0) is 4.18 Å². The smallest absolute Gasteiger partial charge is 0.130 e. The standard InChI is InChI=1S/C12H14OS/c1-5-7-8-12(10(3)6-2)9-11(4)13-14/h5-9,14H,1-4H2/b8-7-,12-9-. The molecule has 0 unspecified atom stereocenters. The molecule has 1 nitrogen and oxygen atoms in total. The molecule has 0 bridgehead atoms. The minimum Gasteiger partial charge on any atom is -0.430 e. The van der Waals surface area contributed by atoms with Crippen LogP contribution >= 0.6 is 12.9 Å². The lowest BCUT2D eigenvalue weighted by Gasteiger charge is -2.02. The first-order valence-corrected chi connectivity index (χ1v) is 4.35. The van der Waals surface area contributed by atoms with Gasteiger partial charge >= 0.3 is 0 Å². The van der Waals surface area contributed by atoms with E-state index in [2.05, 4.69) is 43.4 Å². The van der Waals surface area contributed by atoms with Gasteiger partial charge in [-0.1, -0.05) is 50.6 Å². The zero-order valence-corrected chi connectivity index (χ0v) is 8.97. The summed E-state index contributed by atoms with van der Waals surface area (Å²) in [5.74, 6) is 0.444. The molecular weight excluding hydrogens is 192 g/mol. The van der Waals surface area contributed by atoms with Gasteiger partial charge in [0.25, 0.3) is 0 Å². The van der Waals surface area contributed by atoms with E-state index in [4.69, 9.17) is 0 Å². The second kappa shape index (κ2) is 7.04. The van der Waals surface area contributed by atoms with Crippen molar-refractivity contribution in [3.8, 4) is 0 Å². The zero-order valence-electron chi connectivity index (χ0n) is 8.07. The number of hydrogen-bond donors (Lipinski definition) is 1. The summed E-state index contributed by atoms with van der Waals surface area (Å²) < 4.78 is 4.64. The molecule has 0 amide bonds. The Morgan fingerprint density at radius 1 is 1.21 bits per heavy atom. The highest BCUT2D eigenvalue weighted by Crippen LogP contribution is 2.14. The summed E-state index contributed by atoms with van der Waals surface area (Å²) >= 11 is 3.64. The fourth-order valence-corrected chi connectivity index (χ4v) is 0.790. The third-order valence-electron chi connectivity index (χ3n) is 1.46. The molecule has 0 aromatic heterocycles. The number of hydrogen-bond acceptors (Lipinski definition) is 2. The fourth-order valence-electron chi connectivity index (χ4n) is 0.737. The van der Waals surface area contributed by atoms with Crippen molar-refractivity contribution in [3.63, 3.8) is 0 Å². The molecule has 2 heteroatoms. The molecule has 14 heavy (non-hydrogen) atoms. The van der Waals surface area contributed by atoms with Crippen molar-refractivity contribution in [2.24, 2.45) is 0 Å². The Labute approximate surface area is 91.1 Å². The van der Waals surface area contributed by atoms with Crippen molar-refractivity contribution in [1.82, 2.24) is 0 Å². The van der Waals surface area contributed by atoms with Crippen LogP contribution in [0.4, 0.5) is 0 Å². The monoisotopic (exact) mass is 206 g/mol. The zero-order chi connectivity index (χ0) is 11.0. The van der Waals surface area contributed by atoms with E-state index < -0.39 is 0 Å². The lowest BCUT2D eigenvalue weighted by Crippen LogP contribution is -1.83. The van der Waals surface area contributed by atoms with Crippen molar-refractivity contribution in [2.75, 3.05) is 0 Å². The Bertz CT molecular complexity index is 308. The molecule has 0 rings (SSSR count). The normalized spacial score (nSPS) is 11.1. The molecule has 0 aliphatic rings. The van der Waals surface area contributed by atoms with Crippen LogP contribution in [0.3, 0.4) is 0 Å². The van der Waals surface area contributed by atoms with Crippen LogP contribution in [0.15, 0.2) is 73.6 Å². The van der Waals surface area contributed by atoms with E-state index in [1.807, 2.05) is 6.08 Å². The Balaban J connectivity index is 4.88. The SMILES string of the molecule is C=C/C=C\C(=C\C(=C)OS)C(=C)C=C. The van der Waals surface area contributed by atoms with E-state index >= 15 is 0 Å². The fraction of sp³-hybridized carbons (Fsp3) is 0. The summed E-state index contributed by atoms with van der Waals surface area (Å²) in [5.41, 5.74) is 1.65. The summed E-state index contributed by atoms with van der Waals surface area (Å²) in [7, 11) is 0. The predicted molar refractivity (Wildman–Crippen MR) is 66.0 cm³/mol. The largest absolute Gasteiger partial charge is 0.430 e. The van der Waals surface area contributed by atoms with Crippen LogP contribution in [0.2, 0.25) is 0 Å². The minimum absolute atomic E-state index is 0.444. The van der Waals surface area contributed by atoms with Gasteiger partial charge < -0.3 is 4.18 Å². The van der Waals surface area contributed by atoms with Gasteiger partial charge in [0.1, 0.15) is 5.76 Å². The third kappa shape index (κ3) is 4.58. The van der Waals surface area contributed by atoms with Crippen LogP contribution in [0.25, 0.3) is 0 Å². The van der Waals surface area contributed by atoms with Gasteiger partial charge in [0.05, 0.1) is 0 Å².